The molecule has 1 aliphatic carbocycles. The largest absolute Gasteiger partial charge is 0.481 e. The standard InChI is InChI=1S/C18H19NO7/c1-25-17(23)10-7-8-13(18(24)26-2)14(9-10)19-15(20)11-5-3-4-6-12(11)16(21)22/h3-4,7-9,11-12H,5-6H2,1-2H3,(H,19,20)(H,21,22)/t11-,12+/m0/s1. The van der Waals surface area contributed by atoms with Gasteiger partial charge in [0.25, 0.3) is 0 Å². The summed E-state index contributed by atoms with van der Waals surface area (Å²) >= 11 is 0. The summed E-state index contributed by atoms with van der Waals surface area (Å²) in [4.78, 5) is 47.6. The molecule has 2 rings (SSSR count). The fraction of sp³-hybridized carbons (Fsp3) is 0.333. The summed E-state index contributed by atoms with van der Waals surface area (Å²) in [6, 6.07) is 4.00. The van der Waals surface area contributed by atoms with Crippen LogP contribution in [0.2, 0.25) is 0 Å². The SMILES string of the molecule is COC(=O)c1ccc(C(=O)OC)c(NC(=O)[C@H]2CC=CC[C@H]2C(=O)O)c1. The number of hydrogen-bond acceptors (Lipinski definition) is 6. The third kappa shape index (κ3) is 4.08. The average molecular weight is 361 g/mol. The van der Waals surface area contributed by atoms with Crippen LogP contribution >= 0.6 is 0 Å². The smallest absolute Gasteiger partial charge is 0.339 e. The van der Waals surface area contributed by atoms with Crippen molar-refractivity contribution in [1.82, 2.24) is 0 Å². The van der Waals surface area contributed by atoms with E-state index in [-0.39, 0.29) is 29.7 Å². The Morgan fingerprint density at radius 2 is 1.62 bits per heavy atom. The number of ether oxygens (including phenoxy) is 2. The maximum absolute atomic E-state index is 12.6. The van der Waals surface area contributed by atoms with E-state index < -0.39 is 35.7 Å². The fourth-order valence-electron chi connectivity index (χ4n) is 2.78. The van der Waals surface area contributed by atoms with E-state index in [1.807, 2.05) is 0 Å². The van der Waals surface area contributed by atoms with Crippen molar-refractivity contribution in [2.45, 2.75) is 12.8 Å². The molecular formula is C18H19NO7. The Morgan fingerprint density at radius 3 is 2.19 bits per heavy atom. The van der Waals surface area contributed by atoms with Crippen LogP contribution < -0.4 is 5.32 Å². The predicted octanol–water partition coefficient (Wildman–Crippen LogP) is 1.87. The van der Waals surface area contributed by atoms with E-state index in [4.69, 9.17) is 0 Å². The monoisotopic (exact) mass is 361 g/mol. The predicted molar refractivity (Wildman–Crippen MR) is 90.7 cm³/mol. The summed E-state index contributed by atoms with van der Waals surface area (Å²) in [6.45, 7) is 0. The molecule has 2 atom stereocenters. The van der Waals surface area contributed by atoms with Crippen molar-refractivity contribution in [3.8, 4) is 0 Å². The van der Waals surface area contributed by atoms with Gasteiger partial charge in [-0.15, -0.1) is 0 Å². The van der Waals surface area contributed by atoms with Gasteiger partial charge in [0.1, 0.15) is 0 Å². The van der Waals surface area contributed by atoms with Crippen LogP contribution in [0.5, 0.6) is 0 Å². The Morgan fingerprint density at radius 1 is 1.00 bits per heavy atom. The lowest BCUT2D eigenvalue weighted by atomic mass is 9.82. The van der Waals surface area contributed by atoms with Crippen molar-refractivity contribution in [1.29, 1.82) is 0 Å². The number of anilines is 1. The number of rotatable bonds is 5. The van der Waals surface area contributed by atoms with Crippen LogP contribution in [0.1, 0.15) is 33.6 Å². The zero-order chi connectivity index (χ0) is 19.3. The first-order valence-electron chi connectivity index (χ1n) is 7.88. The minimum atomic E-state index is -1.06. The van der Waals surface area contributed by atoms with Crippen molar-refractivity contribution >= 4 is 29.5 Å². The average Bonchev–Trinajstić information content (AvgIpc) is 2.66. The number of carbonyl (C=O) groups excluding carboxylic acids is 3. The molecule has 0 saturated heterocycles. The Hall–Kier alpha value is -3.16. The Balaban J connectivity index is 2.34. The van der Waals surface area contributed by atoms with Crippen LogP contribution in [0.15, 0.2) is 30.4 Å². The van der Waals surface area contributed by atoms with Crippen LogP contribution in [0.3, 0.4) is 0 Å². The number of benzene rings is 1. The number of aliphatic carboxylic acids is 1. The van der Waals surface area contributed by atoms with Crippen LogP contribution in [0, 0.1) is 11.8 Å². The normalized spacial score (nSPS) is 18.7. The van der Waals surface area contributed by atoms with Crippen LogP contribution in [-0.4, -0.2) is 43.1 Å². The van der Waals surface area contributed by atoms with Crippen LogP contribution in [-0.2, 0) is 19.1 Å². The van der Waals surface area contributed by atoms with E-state index in [1.54, 1.807) is 12.2 Å². The number of allylic oxidation sites excluding steroid dienone is 2. The first-order valence-corrected chi connectivity index (χ1v) is 7.88. The second-order valence-electron chi connectivity index (χ2n) is 5.73. The highest BCUT2D eigenvalue weighted by molar-refractivity contribution is 6.04. The van der Waals surface area contributed by atoms with E-state index in [2.05, 4.69) is 14.8 Å². The van der Waals surface area contributed by atoms with Gasteiger partial charge in [-0.25, -0.2) is 9.59 Å². The Labute approximate surface area is 149 Å². The molecular weight excluding hydrogens is 342 g/mol. The van der Waals surface area contributed by atoms with Crippen molar-refractivity contribution in [3.05, 3.63) is 41.5 Å². The van der Waals surface area contributed by atoms with Gasteiger partial charge in [-0.2, -0.15) is 0 Å². The second kappa shape index (κ2) is 8.28. The van der Waals surface area contributed by atoms with Gasteiger partial charge in [0, 0.05) is 0 Å². The van der Waals surface area contributed by atoms with Crippen LogP contribution in [0.25, 0.3) is 0 Å². The Kier molecular flexibility index (Phi) is 6.11. The molecule has 26 heavy (non-hydrogen) atoms. The number of carbonyl (C=O) groups is 4. The lowest BCUT2D eigenvalue weighted by Gasteiger charge is -2.24. The molecule has 0 fully saturated rings. The minimum Gasteiger partial charge on any atom is -0.481 e. The van der Waals surface area contributed by atoms with Gasteiger partial charge in [0.2, 0.25) is 5.91 Å². The summed E-state index contributed by atoms with van der Waals surface area (Å²) in [5.74, 6) is -4.59. The Bertz CT molecular complexity index is 769. The number of esters is 2. The maximum atomic E-state index is 12.6. The van der Waals surface area contributed by atoms with Crippen LogP contribution in [0.4, 0.5) is 5.69 Å². The summed E-state index contributed by atoms with van der Waals surface area (Å²) in [5, 5.41) is 11.9. The first kappa shape index (κ1) is 19.2. The molecule has 0 radical (unpaired) electrons. The lowest BCUT2D eigenvalue weighted by molar-refractivity contribution is -0.146. The van der Waals surface area contributed by atoms with Crippen molar-refractivity contribution < 1.29 is 33.8 Å². The van der Waals surface area contributed by atoms with E-state index in [1.165, 1.54) is 32.4 Å². The van der Waals surface area contributed by atoms with E-state index in [0.717, 1.165) is 0 Å². The van der Waals surface area contributed by atoms with Gasteiger partial charge in [-0.05, 0) is 31.0 Å². The summed E-state index contributed by atoms with van der Waals surface area (Å²) in [6.07, 6.45) is 3.99. The summed E-state index contributed by atoms with van der Waals surface area (Å²) in [5.41, 5.74) is 0.240. The number of carboxylic acid groups (broad SMARTS) is 1. The zero-order valence-corrected chi connectivity index (χ0v) is 14.4. The molecule has 0 saturated carbocycles. The van der Waals surface area contributed by atoms with Crippen molar-refractivity contribution in [2.75, 3.05) is 19.5 Å². The molecule has 1 aliphatic rings. The van der Waals surface area contributed by atoms with Gasteiger partial charge in [-0.3, -0.25) is 9.59 Å². The molecule has 0 unspecified atom stereocenters. The topological polar surface area (TPSA) is 119 Å². The second-order valence-corrected chi connectivity index (χ2v) is 5.73. The van der Waals surface area contributed by atoms with Gasteiger partial charge < -0.3 is 19.9 Å². The fourth-order valence-corrected chi connectivity index (χ4v) is 2.78. The molecule has 0 spiro atoms. The van der Waals surface area contributed by atoms with Gasteiger partial charge in [-0.1, -0.05) is 12.2 Å². The summed E-state index contributed by atoms with van der Waals surface area (Å²) < 4.78 is 9.31. The van der Waals surface area contributed by atoms with E-state index in [9.17, 15) is 24.3 Å². The zero-order valence-electron chi connectivity index (χ0n) is 14.4. The number of nitrogens with one attached hydrogen (secondary N) is 1. The molecule has 0 aliphatic heterocycles. The number of methoxy groups -OCH3 is 2. The van der Waals surface area contributed by atoms with Crippen molar-refractivity contribution in [3.63, 3.8) is 0 Å². The molecule has 0 bridgehead atoms. The highest BCUT2D eigenvalue weighted by Crippen LogP contribution is 2.28. The molecule has 8 nitrogen and oxygen atoms in total. The molecule has 138 valence electrons. The van der Waals surface area contributed by atoms with Crippen molar-refractivity contribution in [2.24, 2.45) is 11.8 Å². The molecule has 0 heterocycles. The molecule has 0 aromatic heterocycles. The first-order chi connectivity index (χ1) is 12.4. The number of carboxylic acids is 1. The number of amides is 1. The third-order valence-electron chi connectivity index (χ3n) is 4.19. The summed E-state index contributed by atoms with van der Waals surface area (Å²) in [7, 11) is 2.40. The van der Waals surface area contributed by atoms with Gasteiger partial charge in [0.05, 0.1) is 42.9 Å². The number of hydrogen-bond donors (Lipinski definition) is 2. The minimum absolute atomic E-state index is 0.0479. The highest BCUT2D eigenvalue weighted by atomic mass is 16.5. The van der Waals surface area contributed by atoms with E-state index in [0.29, 0.717) is 0 Å². The third-order valence-corrected chi connectivity index (χ3v) is 4.19. The molecule has 1 aromatic carbocycles. The molecule has 1 aromatic rings. The molecule has 1 amide bonds. The van der Waals surface area contributed by atoms with Gasteiger partial charge in [0.15, 0.2) is 0 Å². The highest BCUT2D eigenvalue weighted by Gasteiger charge is 2.34. The quantitative estimate of drug-likeness (QED) is 0.607. The maximum Gasteiger partial charge on any atom is 0.339 e. The van der Waals surface area contributed by atoms with E-state index >= 15 is 0 Å². The van der Waals surface area contributed by atoms with Gasteiger partial charge >= 0.3 is 17.9 Å². The lowest BCUT2D eigenvalue weighted by Crippen LogP contribution is -2.35. The molecule has 2 N–H and O–H groups in total. The molecule has 8 heteroatoms.